The number of hydrogen-bond donors (Lipinski definition) is 2. The van der Waals surface area contributed by atoms with Gasteiger partial charge in [-0.3, -0.25) is 9.78 Å². The van der Waals surface area contributed by atoms with Gasteiger partial charge in [-0.25, -0.2) is 4.98 Å². The zero-order chi connectivity index (χ0) is 15.0. The maximum absolute atomic E-state index is 12.2. The van der Waals surface area contributed by atoms with Crippen LogP contribution in [0.25, 0.3) is 10.9 Å². The van der Waals surface area contributed by atoms with Crippen LogP contribution in [0.1, 0.15) is 32.6 Å². The monoisotopic (exact) mass is 286 g/mol. The van der Waals surface area contributed by atoms with Crippen LogP contribution in [0, 0.1) is 5.92 Å². The van der Waals surface area contributed by atoms with Crippen molar-refractivity contribution in [1.82, 2.24) is 9.97 Å². The summed E-state index contributed by atoms with van der Waals surface area (Å²) in [5.41, 5.74) is 6.88. The summed E-state index contributed by atoms with van der Waals surface area (Å²) in [7, 11) is 2.02. The quantitative estimate of drug-likeness (QED) is 0.832. The molecule has 21 heavy (non-hydrogen) atoms. The van der Waals surface area contributed by atoms with Gasteiger partial charge in [-0.1, -0.05) is 19.8 Å². The Kier molecular flexibility index (Phi) is 3.57. The van der Waals surface area contributed by atoms with E-state index in [2.05, 4.69) is 21.8 Å². The molecule has 2 unspecified atom stereocenters. The number of nitrogen functional groups attached to an aromatic ring is 1. The van der Waals surface area contributed by atoms with Crippen molar-refractivity contribution in [3.63, 3.8) is 0 Å². The van der Waals surface area contributed by atoms with E-state index in [-0.39, 0.29) is 5.56 Å². The molecule has 0 radical (unpaired) electrons. The molecule has 3 rings (SSSR count). The smallest absolute Gasteiger partial charge is 0.260 e. The molecule has 1 aromatic heterocycles. The molecule has 3 N–H and O–H groups in total. The number of hydrogen-bond acceptors (Lipinski definition) is 4. The van der Waals surface area contributed by atoms with E-state index in [4.69, 9.17) is 5.73 Å². The largest absolute Gasteiger partial charge is 0.399 e. The predicted octanol–water partition coefficient (Wildman–Crippen LogP) is 2.52. The number of H-pyrrole nitrogens is 1. The number of fused-ring (bicyclic) bond motifs is 1. The minimum Gasteiger partial charge on any atom is -0.399 e. The molecule has 0 amide bonds. The van der Waals surface area contributed by atoms with Gasteiger partial charge in [-0.2, -0.15) is 0 Å². The standard InChI is InChI=1S/C16H22N4O/c1-10-5-3-4-6-14(10)20(2)16-18-13-8-7-11(17)9-12(13)15(21)19-16/h7-10,14H,3-6,17H2,1-2H3,(H,18,19,21). The van der Waals surface area contributed by atoms with Crippen molar-refractivity contribution < 1.29 is 0 Å². The molecular weight excluding hydrogens is 264 g/mol. The summed E-state index contributed by atoms with van der Waals surface area (Å²) in [4.78, 5) is 21.9. The summed E-state index contributed by atoms with van der Waals surface area (Å²) in [6.45, 7) is 2.28. The Morgan fingerprint density at radius 1 is 1.33 bits per heavy atom. The van der Waals surface area contributed by atoms with Crippen LogP contribution in [0.5, 0.6) is 0 Å². The Labute approximate surface area is 124 Å². The van der Waals surface area contributed by atoms with Gasteiger partial charge in [-0.05, 0) is 37.0 Å². The number of nitrogens with zero attached hydrogens (tertiary/aromatic N) is 2. The average Bonchev–Trinajstić information content (AvgIpc) is 2.47. The van der Waals surface area contributed by atoms with E-state index < -0.39 is 0 Å². The van der Waals surface area contributed by atoms with Crippen LogP contribution in [0.2, 0.25) is 0 Å². The lowest BCUT2D eigenvalue weighted by Crippen LogP contribution is -2.40. The van der Waals surface area contributed by atoms with E-state index >= 15 is 0 Å². The SMILES string of the molecule is CC1CCCCC1N(C)c1nc2ccc(N)cc2c(=O)[nH]1. The lowest BCUT2D eigenvalue weighted by atomic mass is 9.85. The van der Waals surface area contributed by atoms with Crippen molar-refractivity contribution in [2.45, 2.75) is 38.6 Å². The molecule has 0 aliphatic heterocycles. The Morgan fingerprint density at radius 3 is 2.86 bits per heavy atom. The number of anilines is 2. The molecule has 1 aromatic carbocycles. The van der Waals surface area contributed by atoms with E-state index in [0.29, 0.717) is 34.5 Å². The molecule has 112 valence electrons. The maximum Gasteiger partial charge on any atom is 0.260 e. The molecular formula is C16H22N4O. The molecule has 2 atom stereocenters. The molecule has 1 fully saturated rings. The van der Waals surface area contributed by atoms with Crippen molar-refractivity contribution in [1.29, 1.82) is 0 Å². The molecule has 5 heteroatoms. The first kappa shape index (κ1) is 13.9. The lowest BCUT2D eigenvalue weighted by molar-refractivity contribution is 0.319. The number of nitrogens with one attached hydrogen (secondary N) is 1. The molecule has 1 heterocycles. The Hall–Kier alpha value is -2.04. The Balaban J connectivity index is 2.00. The maximum atomic E-state index is 12.2. The number of aromatic amines is 1. The molecule has 1 saturated carbocycles. The summed E-state index contributed by atoms with van der Waals surface area (Å²) >= 11 is 0. The second-order valence-corrected chi connectivity index (χ2v) is 6.11. The highest BCUT2D eigenvalue weighted by molar-refractivity contribution is 5.81. The molecule has 0 saturated heterocycles. The number of benzene rings is 1. The fraction of sp³-hybridized carbons (Fsp3) is 0.500. The third kappa shape index (κ3) is 2.60. The highest BCUT2D eigenvalue weighted by Gasteiger charge is 2.26. The summed E-state index contributed by atoms with van der Waals surface area (Å²) in [5, 5.41) is 0.545. The van der Waals surface area contributed by atoms with Crippen LogP contribution in [-0.4, -0.2) is 23.1 Å². The van der Waals surface area contributed by atoms with Gasteiger partial charge in [0.2, 0.25) is 5.95 Å². The summed E-state index contributed by atoms with van der Waals surface area (Å²) in [6.07, 6.45) is 4.94. The fourth-order valence-electron chi connectivity index (χ4n) is 3.34. The van der Waals surface area contributed by atoms with Crippen molar-refractivity contribution in [2.75, 3.05) is 17.7 Å². The van der Waals surface area contributed by atoms with E-state index in [1.165, 1.54) is 19.3 Å². The van der Waals surface area contributed by atoms with Crippen LogP contribution < -0.4 is 16.2 Å². The van der Waals surface area contributed by atoms with Crippen molar-refractivity contribution in [2.24, 2.45) is 5.92 Å². The minimum absolute atomic E-state index is 0.127. The summed E-state index contributed by atoms with van der Waals surface area (Å²) in [5.74, 6) is 1.27. The average molecular weight is 286 g/mol. The summed E-state index contributed by atoms with van der Waals surface area (Å²) in [6, 6.07) is 5.70. The number of aromatic nitrogens is 2. The van der Waals surface area contributed by atoms with E-state index in [1.54, 1.807) is 12.1 Å². The fourth-order valence-corrected chi connectivity index (χ4v) is 3.34. The van der Waals surface area contributed by atoms with Gasteiger partial charge in [0.25, 0.3) is 5.56 Å². The van der Waals surface area contributed by atoms with Crippen molar-refractivity contribution >= 4 is 22.5 Å². The van der Waals surface area contributed by atoms with E-state index in [0.717, 1.165) is 6.42 Å². The molecule has 1 aliphatic rings. The van der Waals surface area contributed by atoms with Gasteiger partial charge >= 0.3 is 0 Å². The van der Waals surface area contributed by atoms with E-state index in [1.807, 2.05) is 13.1 Å². The zero-order valence-corrected chi connectivity index (χ0v) is 12.6. The zero-order valence-electron chi connectivity index (χ0n) is 12.6. The van der Waals surface area contributed by atoms with Crippen molar-refractivity contribution in [3.05, 3.63) is 28.6 Å². The Morgan fingerprint density at radius 2 is 2.10 bits per heavy atom. The van der Waals surface area contributed by atoms with Crippen LogP contribution >= 0.6 is 0 Å². The van der Waals surface area contributed by atoms with Gasteiger partial charge in [0.1, 0.15) is 0 Å². The molecule has 0 bridgehead atoms. The van der Waals surface area contributed by atoms with E-state index in [9.17, 15) is 4.79 Å². The van der Waals surface area contributed by atoms with Crippen molar-refractivity contribution in [3.8, 4) is 0 Å². The first-order chi connectivity index (χ1) is 10.1. The van der Waals surface area contributed by atoms with Crippen LogP contribution in [0.4, 0.5) is 11.6 Å². The van der Waals surface area contributed by atoms with Gasteiger partial charge in [0.05, 0.1) is 10.9 Å². The molecule has 5 nitrogen and oxygen atoms in total. The first-order valence-electron chi connectivity index (χ1n) is 7.58. The molecule has 1 aliphatic carbocycles. The molecule has 2 aromatic rings. The van der Waals surface area contributed by atoms with Gasteiger partial charge < -0.3 is 10.6 Å². The van der Waals surface area contributed by atoms with Crippen LogP contribution in [0.3, 0.4) is 0 Å². The third-order valence-electron chi connectivity index (χ3n) is 4.61. The summed E-state index contributed by atoms with van der Waals surface area (Å²) < 4.78 is 0. The minimum atomic E-state index is -0.127. The Bertz CT molecular complexity index is 709. The normalized spacial score (nSPS) is 22.4. The second kappa shape index (κ2) is 5.39. The number of nitrogens with two attached hydrogens (primary N) is 1. The topological polar surface area (TPSA) is 75.0 Å². The van der Waals surface area contributed by atoms with Gasteiger partial charge in [-0.15, -0.1) is 0 Å². The highest BCUT2D eigenvalue weighted by atomic mass is 16.1. The van der Waals surface area contributed by atoms with Gasteiger partial charge in [0, 0.05) is 18.8 Å². The van der Waals surface area contributed by atoms with Crippen LogP contribution in [-0.2, 0) is 0 Å². The number of rotatable bonds is 2. The van der Waals surface area contributed by atoms with Gasteiger partial charge in [0.15, 0.2) is 0 Å². The lowest BCUT2D eigenvalue weighted by Gasteiger charge is -2.36. The third-order valence-corrected chi connectivity index (χ3v) is 4.61. The molecule has 0 spiro atoms. The highest BCUT2D eigenvalue weighted by Crippen LogP contribution is 2.29. The predicted molar refractivity (Wildman–Crippen MR) is 86.6 cm³/mol. The first-order valence-corrected chi connectivity index (χ1v) is 7.58. The second-order valence-electron chi connectivity index (χ2n) is 6.11. The van der Waals surface area contributed by atoms with Crippen LogP contribution in [0.15, 0.2) is 23.0 Å².